The van der Waals surface area contributed by atoms with Crippen molar-refractivity contribution in [1.29, 1.82) is 0 Å². The third-order valence-electron chi connectivity index (χ3n) is 4.98. The first-order chi connectivity index (χ1) is 14.5. The maximum atomic E-state index is 12.3. The number of amides is 3. The number of ether oxygens (including phenoxy) is 1. The van der Waals surface area contributed by atoms with E-state index in [1.807, 2.05) is 38.1 Å². The van der Waals surface area contributed by atoms with E-state index in [0.29, 0.717) is 24.5 Å². The summed E-state index contributed by atoms with van der Waals surface area (Å²) in [5.41, 5.74) is 2.45. The number of rotatable bonds is 8. The molecule has 0 unspecified atom stereocenters. The molecule has 1 atom stereocenters. The molecule has 30 heavy (non-hydrogen) atoms. The predicted octanol–water partition coefficient (Wildman–Crippen LogP) is 2.89. The highest BCUT2D eigenvalue weighted by molar-refractivity contribution is 6.00. The van der Waals surface area contributed by atoms with E-state index in [-0.39, 0.29) is 36.7 Å². The summed E-state index contributed by atoms with van der Waals surface area (Å²) >= 11 is 0. The van der Waals surface area contributed by atoms with Crippen molar-refractivity contribution in [2.45, 2.75) is 26.7 Å². The molecule has 2 aromatic carbocycles. The largest absolute Gasteiger partial charge is 0.484 e. The second-order valence-corrected chi connectivity index (χ2v) is 7.34. The van der Waals surface area contributed by atoms with E-state index < -0.39 is 0 Å². The summed E-state index contributed by atoms with van der Waals surface area (Å²) in [4.78, 5) is 38.2. The van der Waals surface area contributed by atoms with Crippen LogP contribution in [0.5, 0.6) is 5.75 Å². The number of nitrogens with one attached hydrogen (secondary N) is 2. The Morgan fingerprint density at radius 3 is 2.57 bits per heavy atom. The molecule has 0 saturated carbocycles. The summed E-state index contributed by atoms with van der Waals surface area (Å²) in [6, 6.07) is 14.5. The molecule has 0 aliphatic carbocycles. The molecule has 3 rings (SSSR count). The summed E-state index contributed by atoms with van der Waals surface area (Å²) in [6.45, 7) is 4.78. The Labute approximate surface area is 176 Å². The molecule has 7 nitrogen and oxygen atoms in total. The Hall–Kier alpha value is -3.35. The van der Waals surface area contributed by atoms with Crippen LogP contribution >= 0.6 is 0 Å². The highest BCUT2D eigenvalue weighted by Crippen LogP contribution is 2.27. The highest BCUT2D eigenvalue weighted by atomic mass is 16.5. The van der Waals surface area contributed by atoms with Gasteiger partial charge < -0.3 is 20.3 Å². The number of aryl methyl sites for hydroxylation is 1. The van der Waals surface area contributed by atoms with Crippen molar-refractivity contribution in [2.24, 2.45) is 5.92 Å². The third-order valence-corrected chi connectivity index (χ3v) is 4.98. The van der Waals surface area contributed by atoms with Crippen LogP contribution in [0.25, 0.3) is 0 Å². The van der Waals surface area contributed by atoms with E-state index in [1.165, 1.54) is 0 Å². The van der Waals surface area contributed by atoms with Gasteiger partial charge in [0.15, 0.2) is 6.61 Å². The first-order valence-electron chi connectivity index (χ1n) is 10.1. The summed E-state index contributed by atoms with van der Waals surface area (Å²) in [7, 11) is 0. The van der Waals surface area contributed by atoms with Crippen molar-refractivity contribution in [3.8, 4) is 5.75 Å². The molecule has 0 aromatic heterocycles. The monoisotopic (exact) mass is 409 g/mol. The number of carbonyl (C=O) groups is 3. The minimum absolute atomic E-state index is 0.0714. The summed E-state index contributed by atoms with van der Waals surface area (Å²) in [6.07, 6.45) is 1.08. The first-order valence-corrected chi connectivity index (χ1v) is 10.1. The Kier molecular flexibility index (Phi) is 7.06. The number of hydrogen-bond acceptors (Lipinski definition) is 4. The molecule has 2 N–H and O–H groups in total. The van der Waals surface area contributed by atoms with Gasteiger partial charge in [-0.2, -0.15) is 0 Å². The fraction of sp³-hybridized carbons (Fsp3) is 0.348. The van der Waals surface area contributed by atoms with Gasteiger partial charge in [-0.05, 0) is 49.2 Å². The highest BCUT2D eigenvalue weighted by Gasteiger charge is 2.34. The number of para-hydroxylation sites is 1. The molecule has 0 spiro atoms. The van der Waals surface area contributed by atoms with Gasteiger partial charge in [-0.15, -0.1) is 0 Å². The van der Waals surface area contributed by atoms with Crippen LogP contribution in [0.1, 0.15) is 25.3 Å². The molecular weight excluding hydrogens is 382 g/mol. The van der Waals surface area contributed by atoms with Crippen LogP contribution in [-0.4, -0.2) is 37.4 Å². The number of carbonyl (C=O) groups excluding carboxylic acids is 3. The molecule has 158 valence electrons. The van der Waals surface area contributed by atoms with E-state index in [4.69, 9.17) is 4.74 Å². The average Bonchev–Trinajstić information content (AvgIpc) is 3.14. The average molecular weight is 409 g/mol. The summed E-state index contributed by atoms with van der Waals surface area (Å²) < 4.78 is 5.55. The van der Waals surface area contributed by atoms with E-state index >= 15 is 0 Å². The maximum absolute atomic E-state index is 12.3. The molecule has 0 bridgehead atoms. The fourth-order valence-corrected chi connectivity index (χ4v) is 3.30. The molecule has 0 radical (unpaired) electrons. The van der Waals surface area contributed by atoms with Crippen molar-refractivity contribution >= 4 is 29.1 Å². The van der Waals surface area contributed by atoms with Gasteiger partial charge in [0.2, 0.25) is 11.8 Å². The topological polar surface area (TPSA) is 87.7 Å². The molecule has 7 heteroatoms. The lowest BCUT2D eigenvalue weighted by Gasteiger charge is -2.17. The van der Waals surface area contributed by atoms with E-state index in [0.717, 1.165) is 17.7 Å². The van der Waals surface area contributed by atoms with Gasteiger partial charge in [-0.1, -0.05) is 25.1 Å². The van der Waals surface area contributed by atoms with Gasteiger partial charge in [0.1, 0.15) is 5.75 Å². The van der Waals surface area contributed by atoms with Gasteiger partial charge in [-0.25, -0.2) is 0 Å². The van der Waals surface area contributed by atoms with Crippen LogP contribution in [0.3, 0.4) is 0 Å². The SMILES string of the molecule is CCCNC(=O)[C@H]1CC(=O)N(c2ccc(OCC(=O)Nc3ccccc3C)cc2)C1. The second-order valence-electron chi connectivity index (χ2n) is 7.34. The van der Waals surface area contributed by atoms with Gasteiger partial charge in [0.05, 0.1) is 5.92 Å². The standard InChI is InChI=1S/C23H27N3O4/c1-3-12-24-23(29)17-13-22(28)26(14-17)18-8-10-19(11-9-18)30-15-21(27)25-20-7-5-4-6-16(20)2/h4-11,17H,3,12-15H2,1-2H3,(H,24,29)(H,25,27)/t17-/m0/s1. The number of benzene rings is 2. The number of nitrogens with zero attached hydrogens (tertiary/aromatic N) is 1. The van der Waals surface area contributed by atoms with Gasteiger partial charge in [-0.3, -0.25) is 14.4 Å². The van der Waals surface area contributed by atoms with E-state index in [9.17, 15) is 14.4 Å². The molecule has 1 aliphatic heterocycles. The zero-order valence-electron chi connectivity index (χ0n) is 17.3. The molecule has 1 fully saturated rings. The number of hydrogen-bond donors (Lipinski definition) is 2. The Morgan fingerprint density at radius 2 is 1.87 bits per heavy atom. The fourth-order valence-electron chi connectivity index (χ4n) is 3.30. The lowest BCUT2D eigenvalue weighted by Crippen LogP contribution is -2.33. The van der Waals surface area contributed by atoms with Crippen molar-refractivity contribution in [3.63, 3.8) is 0 Å². The second kappa shape index (κ2) is 9.91. The summed E-state index contributed by atoms with van der Waals surface area (Å²) in [5.74, 6) is -0.193. The normalized spacial score (nSPS) is 15.7. The Balaban J connectivity index is 1.52. The molecule has 1 aliphatic rings. The first kappa shape index (κ1) is 21.4. The van der Waals surface area contributed by atoms with E-state index in [1.54, 1.807) is 29.2 Å². The van der Waals surface area contributed by atoms with Crippen molar-refractivity contribution in [3.05, 3.63) is 54.1 Å². The van der Waals surface area contributed by atoms with Crippen LogP contribution in [-0.2, 0) is 14.4 Å². The molecule has 1 saturated heterocycles. The quantitative estimate of drug-likeness (QED) is 0.702. The molecule has 3 amide bonds. The van der Waals surface area contributed by atoms with E-state index in [2.05, 4.69) is 10.6 Å². The van der Waals surface area contributed by atoms with Crippen LogP contribution in [0, 0.1) is 12.8 Å². The van der Waals surface area contributed by atoms with Crippen LogP contribution in [0.4, 0.5) is 11.4 Å². The number of anilines is 2. The van der Waals surface area contributed by atoms with Crippen LogP contribution in [0.15, 0.2) is 48.5 Å². The lowest BCUT2D eigenvalue weighted by atomic mass is 10.1. The summed E-state index contributed by atoms with van der Waals surface area (Å²) in [5, 5.41) is 5.67. The van der Waals surface area contributed by atoms with Crippen molar-refractivity contribution in [1.82, 2.24) is 5.32 Å². The van der Waals surface area contributed by atoms with Crippen LogP contribution in [0.2, 0.25) is 0 Å². The molecular formula is C23H27N3O4. The lowest BCUT2D eigenvalue weighted by molar-refractivity contribution is -0.126. The van der Waals surface area contributed by atoms with Crippen molar-refractivity contribution < 1.29 is 19.1 Å². The maximum Gasteiger partial charge on any atom is 0.262 e. The van der Waals surface area contributed by atoms with Gasteiger partial charge in [0, 0.05) is 30.9 Å². The minimum Gasteiger partial charge on any atom is -0.484 e. The zero-order valence-corrected chi connectivity index (χ0v) is 17.3. The van der Waals surface area contributed by atoms with Crippen molar-refractivity contribution in [2.75, 3.05) is 29.9 Å². The Bertz CT molecular complexity index is 911. The Morgan fingerprint density at radius 1 is 1.13 bits per heavy atom. The smallest absolute Gasteiger partial charge is 0.262 e. The van der Waals surface area contributed by atoms with Crippen LogP contribution < -0.4 is 20.3 Å². The predicted molar refractivity (Wildman–Crippen MR) is 116 cm³/mol. The zero-order chi connectivity index (χ0) is 21.5. The third kappa shape index (κ3) is 5.37. The molecule has 2 aromatic rings. The minimum atomic E-state index is -0.329. The van der Waals surface area contributed by atoms with Gasteiger partial charge in [0.25, 0.3) is 5.91 Å². The molecule has 1 heterocycles. The van der Waals surface area contributed by atoms with Gasteiger partial charge >= 0.3 is 0 Å².